The number of fused-ring (bicyclic) bond motifs is 1. The van der Waals surface area contributed by atoms with E-state index < -0.39 is 12.0 Å². The van der Waals surface area contributed by atoms with Gasteiger partial charge in [0.25, 0.3) is 5.91 Å². The Morgan fingerprint density at radius 2 is 1.79 bits per heavy atom. The van der Waals surface area contributed by atoms with Crippen LogP contribution in [0.4, 0.5) is 5.69 Å². The number of amides is 2. The summed E-state index contributed by atoms with van der Waals surface area (Å²) in [4.78, 5) is 32.1. The number of nitrogens with zero attached hydrogens (tertiary/aromatic N) is 2. The zero-order chi connectivity index (χ0) is 26.5. The smallest absolute Gasteiger partial charge is 0.254 e. The van der Waals surface area contributed by atoms with Crippen LogP contribution in [-0.2, 0) is 9.53 Å². The van der Waals surface area contributed by atoms with Crippen molar-refractivity contribution in [1.82, 2.24) is 9.80 Å². The van der Waals surface area contributed by atoms with Gasteiger partial charge in [0.1, 0.15) is 5.75 Å². The summed E-state index contributed by atoms with van der Waals surface area (Å²) in [5, 5.41) is 3.59. The summed E-state index contributed by atoms with van der Waals surface area (Å²) in [5.41, 5.74) is 2.77. The van der Waals surface area contributed by atoms with E-state index in [-0.39, 0.29) is 11.8 Å². The van der Waals surface area contributed by atoms with Crippen molar-refractivity contribution in [2.45, 2.75) is 18.9 Å². The van der Waals surface area contributed by atoms with Crippen molar-refractivity contribution in [3.63, 3.8) is 0 Å². The Bertz CT molecular complexity index is 1280. The molecule has 0 radical (unpaired) electrons. The zero-order valence-electron chi connectivity index (χ0n) is 21.4. The number of carbonyl (C=O) groups is 2. The van der Waals surface area contributed by atoms with Crippen LogP contribution in [-0.4, -0.2) is 67.6 Å². The second-order valence-electron chi connectivity index (χ2n) is 9.46. The van der Waals surface area contributed by atoms with E-state index in [1.165, 1.54) is 0 Å². The highest BCUT2D eigenvalue weighted by Crippen LogP contribution is 2.43. The van der Waals surface area contributed by atoms with Gasteiger partial charge in [0.2, 0.25) is 5.91 Å². The first-order chi connectivity index (χ1) is 18.5. The summed E-state index contributed by atoms with van der Waals surface area (Å²) in [6, 6.07) is 21.7. The Morgan fingerprint density at radius 1 is 1.03 bits per heavy atom. The van der Waals surface area contributed by atoms with Gasteiger partial charge in [-0.05, 0) is 54.4 Å². The van der Waals surface area contributed by atoms with Crippen molar-refractivity contribution in [3.05, 3.63) is 94.5 Å². The second-order valence-corrected chi connectivity index (χ2v) is 9.90. The quantitative estimate of drug-likeness (QED) is 0.442. The van der Waals surface area contributed by atoms with Crippen molar-refractivity contribution >= 4 is 29.1 Å². The maximum atomic E-state index is 14.0. The first kappa shape index (κ1) is 26.2. The lowest BCUT2D eigenvalue weighted by atomic mass is 9.79. The maximum Gasteiger partial charge on any atom is 0.254 e. The van der Waals surface area contributed by atoms with Crippen LogP contribution in [0.2, 0.25) is 5.02 Å². The highest BCUT2D eigenvalue weighted by molar-refractivity contribution is 6.30. The second kappa shape index (κ2) is 12.0. The van der Waals surface area contributed by atoms with Crippen LogP contribution in [0, 0.1) is 0 Å². The Kier molecular flexibility index (Phi) is 8.27. The van der Waals surface area contributed by atoms with Gasteiger partial charge in [0.05, 0.1) is 31.8 Å². The molecule has 3 aromatic carbocycles. The summed E-state index contributed by atoms with van der Waals surface area (Å²) in [6.45, 7) is 6.71. The molecule has 0 aliphatic carbocycles. The molecule has 0 aromatic heterocycles. The predicted octanol–water partition coefficient (Wildman–Crippen LogP) is 4.99. The average molecular weight is 534 g/mol. The summed E-state index contributed by atoms with van der Waals surface area (Å²) < 4.78 is 11.2. The SMILES string of the molecule is CCOc1ccc([C@H]2[C@@H](C(=O)Nc3cccc(Cl)c3)c3ccccc3C(=O)N2CCN2CCOCC2)cc1. The van der Waals surface area contributed by atoms with Gasteiger partial charge in [-0.1, -0.05) is 48.0 Å². The van der Waals surface area contributed by atoms with Crippen LogP contribution >= 0.6 is 11.6 Å². The molecule has 0 unspecified atom stereocenters. The minimum atomic E-state index is -0.620. The third kappa shape index (κ3) is 5.70. The van der Waals surface area contributed by atoms with Gasteiger partial charge in [-0.15, -0.1) is 0 Å². The Balaban J connectivity index is 1.55. The van der Waals surface area contributed by atoms with Gasteiger partial charge in [0.15, 0.2) is 0 Å². The number of hydrogen-bond acceptors (Lipinski definition) is 5. The molecule has 7 nitrogen and oxygen atoms in total. The van der Waals surface area contributed by atoms with E-state index >= 15 is 0 Å². The first-order valence-electron chi connectivity index (χ1n) is 13.0. The highest BCUT2D eigenvalue weighted by Gasteiger charge is 2.44. The van der Waals surface area contributed by atoms with Crippen molar-refractivity contribution in [1.29, 1.82) is 0 Å². The average Bonchev–Trinajstić information content (AvgIpc) is 2.93. The molecule has 0 saturated carbocycles. The minimum Gasteiger partial charge on any atom is -0.494 e. The monoisotopic (exact) mass is 533 g/mol. The van der Waals surface area contributed by atoms with Gasteiger partial charge in [0, 0.05) is 42.5 Å². The summed E-state index contributed by atoms with van der Waals surface area (Å²) in [6.07, 6.45) is 0. The first-order valence-corrected chi connectivity index (χ1v) is 13.4. The molecule has 0 spiro atoms. The standard InChI is InChI=1S/C30H32ClN3O4/c1-2-38-24-12-10-21(11-13-24)28-27(29(35)32-23-7-5-6-22(31)20-23)25-8-3-4-9-26(25)30(36)34(28)15-14-33-16-18-37-19-17-33/h3-13,20,27-28H,2,14-19H2,1H3,(H,32,35)/t27-,28-/m0/s1. The van der Waals surface area contributed by atoms with E-state index in [4.69, 9.17) is 21.1 Å². The third-order valence-electron chi connectivity index (χ3n) is 7.11. The summed E-state index contributed by atoms with van der Waals surface area (Å²) in [7, 11) is 0. The fraction of sp³-hybridized carbons (Fsp3) is 0.333. The summed E-state index contributed by atoms with van der Waals surface area (Å²) >= 11 is 6.19. The lowest BCUT2D eigenvalue weighted by molar-refractivity contribution is -0.119. The van der Waals surface area contributed by atoms with Gasteiger partial charge < -0.3 is 19.7 Å². The molecule has 198 valence electrons. The van der Waals surface area contributed by atoms with Crippen molar-refractivity contribution in [2.75, 3.05) is 51.3 Å². The van der Waals surface area contributed by atoms with E-state index in [2.05, 4.69) is 10.2 Å². The van der Waals surface area contributed by atoms with E-state index in [1.807, 2.05) is 66.4 Å². The molecule has 2 aliphatic heterocycles. The van der Waals surface area contributed by atoms with Crippen LogP contribution in [0.15, 0.2) is 72.8 Å². The Morgan fingerprint density at radius 3 is 2.53 bits per heavy atom. The number of carbonyl (C=O) groups excluding carboxylic acids is 2. The van der Waals surface area contributed by atoms with Crippen LogP contribution < -0.4 is 10.1 Å². The van der Waals surface area contributed by atoms with E-state index in [0.717, 1.165) is 30.0 Å². The predicted molar refractivity (Wildman–Crippen MR) is 148 cm³/mol. The fourth-order valence-corrected chi connectivity index (χ4v) is 5.47. The molecule has 0 bridgehead atoms. The van der Waals surface area contributed by atoms with Gasteiger partial charge in [-0.25, -0.2) is 0 Å². The molecule has 5 rings (SSSR count). The van der Waals surface area contributed by atoms with Crippen molar-refractivity contribution in [3.8, 4) is 5.75 Å². The number of halogens is 1. The number of anilines is 1. The molecule has 2 aliphatic rings. The number of nitrogens with one attached hydrogen (secondary N) is 1. The number of benzene rings is 3. The fourth-order valence-electron chi connectivity index (χ4n) is 5.28. The zero-order valence-corrected chi connectivity index (χ0v) is 22.2. The number of hydrogen-bond donors (Lipinski definition) is 1. The molecular formula is C30H32ClN3O4. The number of rotatable bonds is 8. The van der Waals surface area contributed by atoms with Crippen molar-refractivity contribution in [2.24, 2.45) is 0 Å². The van der Waals surface area contributed by atoms with E-state index in [0.29, 0.717) is 49.2 Å². The molecular weight excluding hydrogens is 502 g/mol. The molecule has 2 amide bonds. The Hall–Kier alpha value is -3.39. The third-order valence-corrected chi connectivity index (χ3v) is 7.34. The minimum absolute atomic E-state index is 0.0699. The number of ether oxygens (including phenoxy) is 2. The lowest BCUT2D eigenvalue weighted by Crippen LogP contribution is -2.49. The van der Waals surface area contributed by atoms with Crippen LogP contribution in [0.1, 0.15) is 40.4 Å². The van der Waals surface area contributed by atoms with Gasteiger partial charge in [-0.2, -0.15) is 0 Å². The molecule has 8 heteroatoms. The molecule has 38 heavy (non-hydrogen) atoms. The molecule has 1 saturated heterocycles. The highest BCUT2D eigenvalue weighted by atomic mass is 35.5. The largest absolute Gasteiger partial charge is 0.494 e. The van der Waals surface area contributed by atoms with Crippen LogP contribution in [0.25, 0.3) is 0 Å². The van der Waals surface area contributed by atoms with Gasteiger partial charge in [-0.3, -0.25) is 14.5 Å². The lowest BCUT2D eigenvalue weighted by Gasteiger charge is -2.42. The normalized spacial score (nSPS) is 19.6. The molecule has 2 heterocycles. The van der Waals surface area contributed by atoms with Crippen LogP contribution in [0.3, 0.4) is 0 Å². The molecule has 1 N–H and O–H groups in total. The molecule has 1 fully saturated rings. The molecule has 3 aromatic rings. The van der Waals surface area contributed by atoms with Gasteiger partial charge >= 0.3 is 0 Å². The maximum absolute atomic E-state index is 14.0. The summed E-state index contributed by atoms with van der Waals surface area (Å²) in [5.74, 6) is -0.133. The van der Waals surface area contributed by atoms with Crippen LogP contribution in [0.5, 0.6) is 5.75 Å². The van der Waals surface area contributed by atoms with E-state index in [1.54, 1.807) is 18.2 Å². The topological polar surface area (TPSA) is 71.1 Å². The van der Waals surface area contributed by atoms with E-state index in [9.17, 15) is 9.59 Å². The number of morpholine rings is 1. The van der Waals surface area contributed by atoms with Crippen molar-refractivity contribution < 1.29 is 19.1 Å². The molecule has 2 atom stereocenters. The Labute approximate surface area is 228 Å².